The molecule has 1 unspecified atom stereocenters. The van der Waals surface area contributed by atoms with Crippen LogP contribution < -0.4 is 4.90 Å². The Labute approximate surface area is 197 Å². The van der Waals surface area contributed by atoms with E-state index in [1.807, 2.05) is 11.8 Å². The van der Waals surface area contributed by atoms with E-state index in [-0.39, 0.29) is 11.1 Å². The first-order chi connectivity index (χ1) is 15.9. The predicted octanol–water partition coefficient (Wildman–Crippen LogP) is 3.08. The van der Waals surface area contributed by atoms with Crippen molar-refractivity contribution in [3.05, 3.63) is 59.4 Å². The van der Waals surface area contributed by atoms with Gasteiger partial charge in [0.05, 0.1) is 18.5 Å². The van der Waals surface area contributed by atoms with Crippen LogP contribution >= 0.6 is 0 Å². The molecule has 7 heteroatoms. The Morgan fingerprint density at radius 2 is 1.91 bits per heavy atom. The molecule has 1 atom stereocenters. The highest BCUT2D eigenvalue weighted by molar-refractivity contribution is 5.55. The molecule has 2 heterocycles. The summed E-state index contributed by atoms with van der Waals surface area (Å²) in [7, 11) is 6.06. The summed E-state index contributed by atoms with van der Waals surface area (Å²) in [6.07, 6.45) is 4.94. The van der Waals surface area contributed by atoms with Gasteiger partial charge in [0.1, 0.15) is 11.8 Å². The Morgan fingerprint density at radius 3 is 2.48 bits per heavy atom. The van der Waals surface area contributed by atoms with E-state index in [1.165, 1.54) is 5.56 Å². The lowest BCUT2D eigenvalue weighted by Gasteiger charge is -2.51. The largest absolute Gasteiger partial charge is 0.383 e. The van der Waals surface area contributed by atoms with Crippen LogP contribution in [0.2, 0.25) is 0 Å². The number of aliphatic hydroxyl groups excluding tert-OH is 1. The third-order valence-electron chi connectivity index (χ3n) is 7.85. The second-order valence-electron chi connectivity index (χ2n) is 9.64. The molecular formula is C26H35N5O2. The van der Waals surface area contributed by atoms with Crippen molar-refractivity contribution in [3.8, 4) is 6.07 Å². The number of nitrogens with zero attached hydrogens (tertiary/aromatic N) is 5. The molecule has 1 aliphatic carbocycles. The average molecular weight is 450 g/mol. The summed E-state index contributed by atoms with van der Waals surface area (Å²) < 4.78 is 5.40. The fourth-order valence-electron chi connectivity index (χ4n) is 5.88. The van der Waals surface area contributed by atoms with Gasteiger partial charge < -0.3 is 14.7 Å². The summed E-state index contributed by atoms with van der Waals surface area (Å²) in [4.78, 5) is 10.9. The van der Waals surface area contributed by atoms with Crippen LogP contribution in [0.15, 0.2) is 42.6 Å². The third-order valence-corrected chi connectivity index (χ3v) is 7.85. The molecule has 7 nitrogen and oxygen atoms in total. The summed E-state index contributed by atoms with van der Waals surface area (Å²) in [5.74, 6) is 0. The molecule has 4 rings (SSSR count). The van der Waals surface area contributed by atoms with Gasteiger partial charge in [0.15, 0.2) is 6.35 Å². The van der Waals surface area contributed by atoms with Crippen molar-refractivity contribution < 1.29 is 9.84 Å². The molecule has 2 fully saturated rings. The van der Waals surface area contributed by atoms with E-state index in [9.17, 15) is 10.4 Å². The summed E-state index contributed by atoms with van der Waals surface area (Å²) in [5, 5.41) is 20.6. The molecule has 1 spiro atoms. The molecule has 1 aliphatic heterocycles. The van der Waals surface area contributed by atoms with Crippen LogP contribution in [0.4, 0.5) is 5.69 Å². The molecule has 0 bridgehead atoms. The van der Waals surface area contributed by atoms with Crippen molar-refractivity contribution in [3.63, 3.8) is 0 Å². The number of aromatic nitrogens is 1. The Morgan fingerprint density at radius 1 is 1.21 bits per heavy atom. The second-order valence-corrected chi connectivity index (χ2v) is 9.64. The molecule has 1 N–H and O–H groups in total. The Balaban J connectivity index is 1.65. The number of aryl methyl sites for hydroxylation is 1. The molecule has 33 heavy (non-hydrogen) atoms. The van der Waals surface area contributed by atoms with E-state index < -0.39 is 6.35 Å². The van der Waals surface area contributed by atoms with E-state index in [0.29, 0.717) is 18.8 Å². The highest BCUT2D eigenvalue weighted by Gasteiger charge is 2.54. The Kier molecular flexibility index (Phi) is 6.73. The average Bonchev–Trinajstić information content (AvgIpc) is 3.09. The molecule has 1 saturated carbocycles. The number of pyridine rings is 1. The minimum absolute atomic E-state index is 0.0102. The van der Waals surface area contributed by atoms with Gasteiger partial charge in [0, 0.05) is 31.3 Å². The highest BCUT2D eigenvalue weighted by Crippen LogP contribution is 2.50. The third kappa shape index (κ3) is 4.13. The predicted molar refractivity (Wildman–Crippen MR) is 129 cm³/mol. The van der Waals surface area contributed by atoms with Crippen LogP contribution in [0.1, 0.15) is 42.5 Å². The molecule has 1 saturated heterocycles. The fourth-order valence-corrected chi connectivity index (χ4v) is 5.88. The standard InChI is InChI=1S/C26H35N5O2/c1-20-16-22(17-27)28-18-23(20)30-19-25(31(24(30)32)14-15-33-4)10-12-26(13-11-25,29(2)3)21-8-6-5-7-9-21/h5-9,16,18,24,32H,10-15,19H2,1-4H3/t24?,25-,26+. The lowest BCUT2D eigenvalue weighted by Crippen LogP contribution is -2.56. The number of ether oxygens (including phenoxy) is 1. The number of aliphatic hydroxyl groups is 1. The van der Waals surface area contributed by atoms with Crippen LogP contribution in [0.3, 0.4) is 0 Å². The van der Waals surface area contributed by atoms with Crippen LogP contribution in [-0.2, 0) is 10.3 Å². The second kappa shape index (κ2) is 9.40. The maximum Gasteiger partial charge on any atom is 0.187 e. The molecule has 0 amide bonds. The Hall–Kier alpha value is -2.50. The number of hydrogen-bond acceptors (Lipinski definition) is 7. The zero-order chi connectivity index (χ0) is 23.6. The maximum atomic E-state index is 11.4. The molecule has 0 radical (unpaired) electrons. The van der Waals surface area contributed by atoms with Gasteiger partial charge in [-0.2, -0.15) is 5.26 Å². The number of rotatable bonds is 6. The van der Waals surface area contributed by atoms with Crippen molar-refractivity contribution in [1.82, 2.24) is 14.8 Å². The van der Waals surface area contributed by atoms with E-state index in [1.54, 1.807) is 19.4 Å². The molecule has 2 aromatic rings. The first-order valence-corrected chi connectivity index (χ1v) is 11.7. The van der Waals surface area contributed by atoms with E-state index in [2.05, 4.69) is 65.3 Å². The van der Waals surface area contributed by atoms with Crippen LogP contribution in [0.25, 0.3) is 0 Å². The molecule has 176 valence electrons. The van der Waals surface area contributed by atoms with Crippen molar-refractivity contribution in [2.24, 2.45) is 0 Å². The van der Waals surface area contributed by atoms with Gasteiger partial charge in [-0.15, -0.1) is 0 Å². The number of benzene rings is 1. The maximum absolute atomic E-state index is 11.4. The number of methoxy groups -OCH3 is 1. The fraction of sp³-hybridized carbons (Fsp3) is 0.538. The zero-order valence-electron chi connectivity index (χ0n) is 20.2. The van der Waals surface area contributed by atoms with Crippen molar-refractivity contribution >= 4 is 5.69 Å². The van der Waals surface area contributed by atoms with Gasteiger partial charge in [0.25, 0.3) is 0 Å². The van der Waals surface area contributed by atoms with Gasteiger partial charge >= 0.3 is 0 Å². The first-order valence-electron chi connectivity index (χ1n) is 11.7. The van der Waals surface area contributed by atoms with E-state index in [0.717, 1.165) is 43.5 Å². The van der Waals surface area contributed by atoms with E-state index in [4.69, 9.17) is 4.74 Å². The minimum atomic E-state index is -0.753. The first kappa shape index (κ1) is 23.7. The monoisotopic (exact) mass is 449 g/mol. The summed E-state index contributed by atoms with van der Waals surface area (Å²) in [6.45, 7) is 3.93. The normalized spacial score (nSPS) is 27.9. The minimum Gasteiger partial charge on any atom is -0.383 e. The van der Waals surface area contributed by atoms with Gasteiger partial charge in [-0.3, -0.25) is 9.80 Å². The summed E-state index contributed by atoms with van der Waals surface area (Å²) in [6, 6.07) is 14.7. The van der Waals surface area contributed by atoms with Crippen LogP contribution in [0, 0.1) is 18.3 Å². The topological polar surface area (TPSA) is 75.9 Å². The van der Waals surface area contributed by atoms with Crippen molar-refractivity contribution in [1.29, 1.82) is 5.26 Å². The van der Waals surface area contributed by atoms with Crippen LogP contribution in [0.5, 0.6) is 0 Å². The van der Waals surface area contributed by atoms with Gasteiger partial charge in [-0.05, 0) is 63.9 Å². The van der Waals surface area contributed by atoms with Gasteiger partial charge in [-0.1, -0.05) is 30.3 Å². The van der Waals surface area contributed by atoms with Crippen molar-refractivity contribution in [2.75, 3.05) is 45.8 Å². The van der Waals surface area contributed by atoms with Crippen LogP contribution in [-0.4, -0.2) is 72.7 Å². The molecule has 2 aliphatic rings. The molecule has 1 aromatic heterocycles. The molecular weight excluding hydrogens is 414 g/mol. The number of anilines is 1. The quantitative estimate of drug-likeness (QED) is 0.726. The molecule has 1 aromatic carbocycles. The van der Waals surface area contributed by atoms with Gasteiger partial charge in [0.2, 0.25) is 0 Å². The van der Waals surface area contributed by atoms with Gasteiger partial charge in [-0.25, -0.2) is 4.98 Å². The Bertz CT molecular complexity index is 995. The number of hydrogen-bond donors (Lipinski definition) is 1. The summed E-state index contributed by atoms with van der Waals surface area (Å²) in [5.41, 5.74) is 3.43. The van der Waals surface area contributed by atoms with E-state index >= 15 is 0 Å². The van der Waals surface area contributed by atoms with Crippen molar-refractivity contribution in [2.45, 2.75) is 50.0 Å². The smallest absolute Gasteiger partial charge is 0.187 e. The zero-order valence-corrected chi connectivity index (χ0v) is 20.2. The lowest BCUT2D eigenvalue weighted by molar-refractivity contribution is -0.0617. The highest BCUT2D eigenvalue weighted by atomic mass is 16.5. The summed E-state index contributed by atoms with van der Waals surface area (Å²) >= 11 is 0. The number of nitriles is 1. The SMILES string of the molecule is COCCN1C(O)N(c2cnc(C#N)cc2C)C[C@]12CC[C@](c1ccccc1)(N(C)C)CC2. The lowest BCUT2D eigenvalue weighted by atomic mass is 9.68.